The highest BCUT2D eigenvalue weighted by Crippen LogP contribution is 2.11. The summed E-state index contributed by atoms with van der Waals surface area (Å²) in [4.78, 5) is 1.41. The van der Waals surface area contributed by atoms with Crippen molar-refractivity contribution in [2.24, 2.45) is 5.73 Å². The molecule has 0 saturated heterocycles. The lowest BCUT2D eigenvalue weighted by atomic mass is 10.1. The van der Waals surface area contributed by atoms with Gasteiger partial charge in [-0.15, -0.1) is 11.3 Å². The molecule has 0 aromatic carbocycles. The topological polar surface area (TPSA) is 35.2 Å². The van der Waals surface area contributed by atoms with Crippen molar-refractivity contribution in [3.05, 3.63) is 22.4 Å². The van der Waals surface area contributed by atoms with Crippen LogP contribution in [0.1, 0.15) is 24.6 Å². The van der Waals surface area contributed by atoms with Crippen LogP contribution in [0.4, 0.5) is 0 Å². The summed E-state index contributed by atoms with van der Waals surface area (Å²) < 4.78 is 5.39. The fraction of sp³-hybridized carbons (Fsp3) is 0.636. The van der Waals surface area contributed by atoms with Crippen LogP contribution >= 0.6 is 11.3 Å². The van der Waals surface area contributed by atoms with Gasteiger partial charge in [0, 0.05) is 17.5 Å². The largest absolute Gasteiger partial charge is 0.380 e. The molecule has 0 amide bonds. The summed E-state index contributed by atoms with van der Waals surface area (Å²) in [6.07, 6.45) is 3.16. The van der Waals surface area contributed by atoms with Gasteiger partial charge in [-0.3, -0.25) is 0 Å². The zero-order chi connectivity index (χ0) is 10.2. The first-order valence-corrected chi connectivity index (χ1v) is 6.06. The Morgan fingerprint density at radius 3 is 3.07 bits per heavy atom. The first-order valence-electron chi connectivity index (χ1n) is 5.18. The molecule has 1 atom stereocenters. The van der Waals surface area contributed by atoms with Crippen LogP contribution in [0.2, 0.25) is 0 Å². The quantitative estimate of drug-likeness (QED) is 0.706. The summed E-state index contributed by atoms with van der Waals surface area (Å²) in [5.74, 6) is 0. The van der Waals surface area contributed by atoms with Crippen LogP contribution < -0.4 is 5.73 Å². The van der Waals surface area contributed by atoms with Crippen LogP contribution in [0, 0.1) is 0 Å². The van der Waals surface area contributed by atoms with E-state index < -0.39 is 0 Å². The molecule has 2 nitrogen and oxygen atoms in total. The molecule has 0 aliphatic carbocycles. The predicted molar refractivity (Wildman–Crippen MR) is 61.7 cm³/mol. The summed E-state index contributed by atoms with van der Waals surface area (Å²) >= 11 is 1.80. The van der Waals surface area contributed by atoms with Crippen LogP contribution in [-0.2, 0) is 11.2 Å². The maximum absolute atomic E-state index is 5.91. The van der Waals surface area contributed by atoms with Gasteiger partial charge >= 0.3 is 0 Å². The van der Waals surface area contributed by atoms with E-state index in [4.69, 9.17) is 10.5 Å². The number of rotatable bonds is 7. The second kappa shape index (κ2) is 6.98. The normalized spacial score (nSPS) is 13.0. The Bertz CT molecular complexity index is 223. The highest BCUT2D eigenvalue weighted by Gasteiger charge is 2.03. The van der Waals surface area contributed by atoms with Crippen molar-refractivity contribution in [1.29, 1.82) is 0 Å². The lowest BCUT2D eigenvalue weighted by Gasteiger charge is -2.10. The Balaban J connectivity index is 2.06. The summed E-state index contributed by atoms with van der Waals surface area (Å²) in [6, 6.07) is 4.42. The van der Waals surface area contributed by atoms with E-state index in [9.17, 15) is 0 Å². The van der Waals surface area contributed by atoms with E-state index in [1.807, 2.05) is 0 Å². The zero-order valence-corrected chi connectivity index (χ0v) is 9.56. The van der Waals surface area contributed by atoms with Gasteiger partial charge in [0.1, 0.15) is 0 Å². The lowest BCUT2D eigenvalue weighted by molar-refractivity contribution is 0.119. The Morgan fingerprint density at radius 2 is 2.43 bits per heavy atom. The lowest BCUT2D eigenvalue weighted by Crippen LogP contribution is -2.26. The summed E-state index contributed by atoms with van der Waals surface area (Å²) in [6.45, 7) is 3.63. The molecule has 0 radical (unpaired) electrons. The van der Waals surface area contributed by atoms with Crippen molar-refractivity contribution < 1.29 is 4.74 Å². The fourth-order valence-corrected chi connectivity index (χ4v) is 1.97. The Morgan fingerprint density at radius 1 is 1.57 bits per heavy atom. The predicted octanol–water partition coefficient (Wildman–Crippen LogP) is 2.43. The van der Waals surface area contributed by atoms with Gasteiger partial charge in [0.2, 0.25) is 0 Å². The van der Waals surface area contributed by atoms with E-state index in [1.54, 1.807) is 11.3 Å². The first-order chi connectivity index (χ1) is 6.83. The van der Waals surface area contributed by atoms with Crippen LogP contribution in [-0.4, -0.2) is 19.3 Å². The van der Waals surface area contributed by atoms with Crippen molar-refractivity contribution in [3.63, 3.8) is 0 Å². The number of hydrogen-bond donors (Lipinski definition) is 1. The van der Waals surface area contributed by atoms with Gasteiger partial charge in [-0.25, -0.2) is 0 Å². The fourth-order valence-electron chi connectivity index (χ4n) is 1.24. The van der Waals surface area contributed by atoms with E-state index in [0.29, 0.717) is 6.61 Å². The highest BCUT2D eigenvalue weighted by molar-refractivity contribution is 7.09. The van der Waals surface area contributed by atoms with Crippen LogP contribution in [0.3, 0.4) is 0 Å². The molecule has 0 spiro atoms. The monoisotopic (exact) mass is 213 g/mol. The molecule has 0 saturated carbocycles. The van der Waals surface area contributed by atoms with E-state index in [2.05, 4.69) is 24.4 Å². The molecule has 80 valence electrons. The Kier molecular flexibility index (Phi) is 5.83. The van der Waals surface area contributed by atoms with Crippen molar-refractivity contribution >= 4 is 11.3 Å². The first kappa shape index (κ1) is 11.7. The average molecular weight is 213 g/mol. The van der Waals surface area contributed by atoms with E-state index >= 15 is 0 Å². The Labute approximate surface area is 90.1 Å². The average Bonchev–Trinajstić information content (AvgIpc) is 2.68. The molecular formula is C11H19NOS. The summed E-state index contributed by atoms with van der Waals surface area (Å²) in [5.41, 5.74) is 5.91. The van der Waals surface area contributed by atoms with Crippen LogP contribution in [0.15, 0.2) is 17.5 Å². The van der Waals surface area contributed by atoms with Crippen molar-refractivity contribution in [2.45, 2.75) is 32.2 Å². The third kappa shape index (κ3) is 4.74. The molecule has 1 unspecified atom stereocenters. The highest BCUT2D eigenvalue weighted by atomic mass is 32.1. The van der Waals surface area contributed by atoms with Gasteiger partial charge in [0.25, 0.3) is 0 Å². The minimum Gasteiger partial charge on any atom is -0.380 e. The number of thiophene rings is 1. The molecular weight excluding hydrogens is 194 g/mol. The smallest absolute Gasteiger partial charge is 0.0617 e. The van der Waals surface area contributed by atoms with E-state index in [0.717, 1.165) is 25.9 Å². The molecule has 1 heterocycles. The Hall–Kier alpha value is -0.380. The molecule has 1 aromatic heterocycles. The molecule has 0 aliphatic rings. The molecule has 0 bridgehead atoms. The molecule has 1 aromatic rings. The number of aryl methyl sites for hydroxylation is 1. The molecule has 2 N–H and O–H groups in total. The third-order valence-corrected chi connectivity index (χ3v) is 2.96. The molecule has 14 heavy (non-hydrogen) atoms. The van der Waals surface area contributed by atoms with Crippen LogP contribution in [0.5, 0.6) is 0 Å². The second-order valence-electron chi connectivity index (χ2n) is 3.45. The second-order valence-corrected chi connectivity index (χ2v) is 4.49. The van der Waals surface area contributed by atoms with Crippen molar-refractivity contribution in [1.82, 2.24) is 0 Å². The van der Waals surface area contributed by atoms with Gasteiger partial charge in [-0.2, -0.15) is 0 Å². The van der Waals surface area contributed by atoms with Crippen LogP contribution in [0.25, 0.3) is 0 Å². The molecule has 0 fully saturated rings. The molecule has 0 aliphatic heterocycles. The zero-order valence-electron chi connectivity index (χ0n) is 8.74. The minimum absolute atomic E-state index is 0.184. The number of nitrogens with two attached hydrogens (primary N) is 1. The minimum atomic E-state index is 0.184. The maximum atomic E-state index is 5.91. The number of ether oxygens (including phenoxy) is 1. The SMILES string of the molecule is CCCOCC(N)CCc1cccs1. The summed E-state index contributed by atoms with van der Waals surface area (Å²) in [5, 5.41) is 2.11. The van der Waals surface area contributed by atoms with Gasteiger partial charge in [-0.05, 0) is 30.7 Å². The maximum Gasteiger partial charge on any atom is 0.0617 e. The van der Waals surface area contributed by atoms with E-state index in [-0.39, 0.29) is 6.04 Å². The van der Waals surface area contributed by atoms with E-state index in [1.165, 1.54) is 4.88 Å². The van der Waals surface area contributed by atoms with Gasteiger partial charge in [-0.1, -0.05) is 13.0 Å². The number of hydrogen-bond acceptors (Lipinski definition) is 3. The van der Waals surface area contributed by atoms with Crippen molar-refractivity contribution in [3.8, 4) is 0 Å². The van der Waals surface area contributed by atoms with Crippen molar-refractivity contribution in [2.75, 3.05) is 13.2 Å². The molecule has 3 heteroatoms. The standard InChI is InChI=1S/C11H19NOS/c1-2-7-13-9-10(12)5-6-11-4-3-8-14-11/h3-4,8,10H,2,5-7,9,12H2,1H3. The van der Waals surface area contributed by atoms with Gasteiger partial charge in [0.05, 0.1) is 6.61 Å². The summed E-state index contributed by atoms with van der Waals surface area (Å²) in [7, 11) is 0. The molecule has 1 rings (SSSR count). The van der Waals surface area contributed by atoms with Gasteiger partial charge in [0.15, 0.2) is 0 Å². The third-order valence-electron chi connectivity index (χ3n) is 2.02. The van der Waals surface area contributed by atoms with Gasteiger partial charge < -0.3 is 10.5 Å².